The molecule has 0 spiro atoms. The van der Waals surface area contributed by atoms with Crippen molar-refractivity contribution in [1.29, 1.82) is 0 Å². The number of nitrogens with zero attached hydrogens (tertiary/aromatic N) is 1. The van der Waals surface area contributed by atoms with Crippen LogP contribution in [0, 0.1) is 0 Å². The Labute approximate surface area is 123 Å². The van der Waals surface area contributed by atoms with Crippen molar-refractivity contribution in [2.45, 2.75) is 66.1 Å². The Morgan fingerprint density at radius 3 is 2.42 bits per heavy atom. The summed E-state index contributed by atoms with van der Waals surface area (Å²) in [4.78, 5) is 5.47. The predicted octanol–water partition coefficient (Wildman–Crippen LogP) is 4.26. The van der Waals surface area contributed by atoms with E-state index in [2.05, 4.69) is 57.0 Å². The number of unbranched alkanes of at least 4 members (excludes halogenated alkanes) is 1. The maximum atomic E-state index is 3.55. The van der Waals surface area contributed by atoms with Crippen molar-refractivity contribution in [2.75, 3.05) is 13.1 Å². The van der Waals surface area contributed by atoms with Crippen LogP contribution >= 0.6 is 11.3 Å². The molecule has 0 aliphatic carbocycles. The van der Waals surface area contributed by atoms with Gasteiger partial charge >= 0.3 is 0 Å². The average Bonchev–Trinajstić information content (AvgIpc) is 2.79. The molecule has 0 radical (unpaired) electrons. The molecule has 0 saturated heterocycles. The first kappa shape index (κ1) is 16.7. The zero-order chi connectivity index (χ0) is 14.3. The van der Waals surface area contributed by atoms with Crippen molar-refractivity contribution < 1.29 is 0 Å². The number of hydrogen-bond donors (Lipinski definition) is 1. The van der Waals surface area contributed by atoms with Crippen LogP contribution in [0.4, 0.5) is 0 Å². The van der Waals surface area contributed by atoms with Crippen molar-refractivity contribution in [2.24, 2.45) is 0 Å². The molecular formula is C16H30N2S. The quantitative estimate of drug-likeness (QED) is 0.766. The fourth-order valence-corrected chi connectivity index (χ4v) is 2.91. The van der Waals surface area contributed by atoms with Gasteiger partial charge in [-0.05, 0) is 52.4 Å². The molecule has 0 unspecified atom stereocenters. The van der Waals surface area contributed by atoms with Gasteiger partial charge in [0.2, 0.25) is 0 Å². The lowest BCUT2D eigenvalue weighted by Gasteiger charge is -2.20. The van der Waals surface area contributed by atoms with Crippen molar-refractivity contribution in [3.05, 3.63) is 21.9 Å². The Bertz CT molecular complexity index is 352. The summed E-state index contributed by atoms with van der Waals surface area (Å²) >= 11 is 1.95. The molecule has 1 N–H and O–H groups in total. The minimum atomic E-state index is 0.195. The number of nitrogens with one attached hydrogen (secondary N) is 1. The molecule has 0 aliphatic heterocycles. The second kappa shape index (κ2) is 8.03. The van der Waals surface area contributed by atoms with Crippen LogP contribution in [-0.2, 0) is 13.1 Å². The van der Waals surface area contributed by atoms with E-state index in [0.717, 1.165) is 19.6 Å². The van der Waals surface area contributed by atoms with Gasteiger partial charge in [-0.1, -0.05) is 20.3 Å². The molecule has 1 heterocycles. The number of hydrogen-bond acceptors (Lipinski definition) is 3. The van der Waals surface area contributed by atoms with E-state index in [1.807, 2.05) is 11.3 Å². The van der Waals surface area contributed by atoms with Crippen LogP contribution in [0.3, 0.4) is 0 Å². The molecule has 0 amide bonds. The van der Waals surface area contributed by atoms with E-state index in [4.69, 9.17) is 0 Å². The zero-order valence-corrected chi connectivity index (χ0v) is 14.1. The van der Waals surface area contributed by atoms with Gasteiger partial charge in [-0.15, -0.1) is 11.3 Å². The van der Waals surface area contributed by atoms with E-state index in [0.29, 0.717) is 0 Å². The van der Waals surface area contributed by atoms with Gasteiger partial charge in [0.1, 0.15) is 0 Å². The smallest absolute Gasteiger partial charge is 0.0327 e. The fraction of sp³-hybridized carbons (Fsp3) is 0.750. The molecule has 3 heteroatoms. The van der Waals surface area contributed by atoms with Gasteiger partial charge in [0.15, 0.2) is 0 Å². The van der Waals surface area contributed by atoms with E-state index in [-0.39, 0.29) is 5.54 Å². The normalized spacial score (nSPS) is 12.3. The first-order chi connectivity index (χ1) is 8.94. The Balaban J connectivity index is 2.45. The summed E-state index contributed by atoms with van der Waals surface area (Å²) in [6.45, 7) is 15.6. The van der Waals surface area contributed by atoms with Crippen LogP contribution < -0.4 is 5.32 Å². The van der Waals surface area contributed by atoms with E-state index in [1.54, 1.807) is 0 Å². The Morgan fingerprint density at radius 2 is 1.84 bits per heavy atom. The molecule has 1 rings (SSSR count). The van der Waals surface area contributed by atoms with Gasteiger partial charge in [0.05, 0.1) is 0 Å². The number of thiophene rings is 1. The van der Waals surface area contributed by atoms with Crippen LogP contribution in [0.15, 0.2) is 12.1 Å². The summed E-state index contributed by atoms with van der Waals surface area (Å²) in [5.41, 5.74) is 0.195. The van der Waals surface area contributed by atoms with Crippen LogP contribution in [0.2, 0.25) is 0 Å². The predicted molar refractivity (Wildman–Crippen MR) is 86.8 cm³/mol. The summed E-state index contributed by atoms with van der Waals surface area (Å²) in [6.07, 6.45) is 2.58. The average molecular weight is 282 g/mol. The molecule has 0 aliphatic rings. The van der Waals surface area contributed by atoms with E-state index in [1.165, 1.54) is 29.1 Å². The minimum absolute atomic E-state index is 0.195. The van der Waals surface area contributed by atoms with E-state index >= 15 is 0 Å². The molecule has 0 atom stereocenters. The summed E-state index contributed by atoms with van der Waals surface area (Å²) in [6, 6.07) is 4.56. The molecule has 1 aromatic heterocycles. The monoisotopic (exact) mass is 282 g/mol. The Morgan fingerprint density at radius 1 is 1.16 bits per heavy atom. The third-order valence-corrected chi connectivity index (χ3v) is 4.23. The summed E-state index contributed by atoms with van der Waals surface area (Å²) in [5.74, 6) is 0. The Hall–Kier alpha value is -0.380. The summed E-state index contributed by atoms with van der Waals surface area (Å²) in [5, 5.41) is 3.55. The first-order valence-electron chi connectivity index (χ1n) is 7.49. The largest absolute Gasteiger partial charge is 0.307 e. The highest BCUT2D eigenvalue weighted by atomic mass is 32.1. The van der Waals surface area contributed by atoms with Crippen molar-refractivity contribution >= 4 is 11.3 Å². The molecule has 1 aromatic rings. The van der Waals surface area contributed by atoms with E-state index < -0.39 is 0 Å². The van der Waals surface area contributed by atoms with Crippen LogP contribution in [0.1, 0.15) is 57.2 Å². The third-order valence-electron chi connectivity index (χ3n) is 3.16. The molecule has 2 nitrogen and oxygen atoms in total. The highest BCUT2D eigenvalue weighted by Gasteiger charge is 2.10. The van der Waals surface area contributed by atoms with Crippen LogP contribution in [0.5, 0.6) is 0 Å². The molecule has 0 aromatic carbocycles. The van der Waals surface area contributed by atoms with Gasteiger partial charge in [-0.3, -0.25) is 4.90 Å². The van der Waals surface area contributed by atoms with Gasteiger partial charge < -0.3 is 5.32 Å². The number of rotatable bonds is 8. The zero-order valence-electron chi connectivity index (χ0n) is 13.3. The fourth-order valence-electron chi connectivity index (χ4n) is 1.91. The van der Waals surface area contributed by atoms with Crippen molar-refractivity contribution in [3.8, 4) is 0 Å². The highest BCUT2D eigenvalue weighted by Crippen LogP contribution is 2.19. The molecule has 0 bridgehead atoms. The summed E-state index contributed by atoms with van der Waals surface area (Å²) < 4.78 is 0. The van der Waals surface area contributed by atoms with Gasteiger partial charge in [-0.25, -0.2) is 0 Å². The highest BCUT2D eigenvalue weighted by molar-refractivity contribution is 7.11. The lowest BCUT2D eigenvalue weighted by atomic mass is 10.1. The van der Waals surface area contributed by atoms with Crippen LogP contribution in [-0.4, -0.2) is 23.5 Å². The maximum Gasteiger partial charge on any atom is 0.0327 e. The second-order valence-corrected chi connectivity index (χ2v) is 7.45. The maximum absolute atomic E-state index is 3.55. The lowest BCUT2D eigenvalue weighted by Crippen LogP contribution is -2.34. The van der Waals surface area contributed by atoms with Crippen molar-refractivity contribution in [1.82, 2.24) is 10.2 Å². The van der Waals surface area contributed by atoms with Gasteiger partial charge in [0.25, 0.3) is 0 Å². The van der Waals surface area contributed by atoms with Crippen molar-refractivity contribution in [3.63, 3.8) is 0 Å². The topological polar surface area (TPSA) is 15.3 Å². The third kappa shape index (κ3) is 7.09. The lowest BCUT2D eigenvalue weighted by molar-refractivity contribution is 0.278. The Kier molecular flexibility index (Phi) is 7.05. The van der Waals surface area contributed by atoms with Crippen LogP contribution in [0.25, 0.3) is 0 Å². The summed E-state index contributed by atoms with van der Waals surface area (Å²) in [7, 11) is 0. The second-order valence-electron chi connectivity index (χ2n) is 6.19. The standard InChI is InChI=1S/C16H30N2S/c1-6-8-11-18(7-2)13-15-10-9-14(19-15)12-17-16(3,4)5/h9-10,17H,6-8,11-13H2,1-5H3. The minimum Gasteiger partial charge on any atom is -0.307 e. The van der Waals surface area contributed by atoms with E-state index in [9.17, 15) is 0 Å². The molecule has 19 heavy (non-hydrogen) atoms. The molecule has 110 valence electrons. The SMILES string of the molecule is CCCCN(CC)Cc1ccc(CNC(C)(C)C)s1. The van der Waals surface area contributed by atoms with Gasteiger partial charge in [-0.2, -0.15) is 0 Å². The van der Waals surface area contributed by atoms with Gasteiger partial charge in [0, 0.05) is 28.4 Å². The first-order valence-corrected chi connectivity index (χ1v) is 8.31. The molecule has 0 saturated carbocycles. The molecule has 0 fully saturated rings. The molecular weight excluding hydrogens is 252 g/mol.